The van der Waals surface area contributed by atoms with Gasteiger partial charge in [0, 0.05) is 0 Å². The fourth-order valence-corrected chi connectivity index (χ4v) is 4.51. The Hall–Kier alpha value is -1.64. The first kappa shape index (κ1) is 29.3. The molecule has 0 bridgehead atoms. The first-order valence-corrected chi connectivity index (χ1v) is 34.5. The number of hydrogen-bond acceptors (Lipinski definition) is 0. The van der Waals surface area contributed by atoms with Crippen LogP contribution in [-0.4, -0.2) is 14.6 Å². The molecule has 0 heterocycles. The van der Waals surface area contributed by atoms with Gasteiger partial charge in [0.2, 0.25) is 0 Å². The predicted molar refractivity (Wildman–Crippen MR) is 169 cm³/mol. The molecule has 0 aliphatic heterocycles. The zero-order chi connectivity index (χ0) is 27.1. The summed E-state index contributed by atoms with van der Waals surface area (Å²) in [5.74, 6) is 0. The van der Waals surface area contributed by atoms with Crippen molar-refractivity contribution < 1.29 is 14.5 Å². The molecule has 0 saturated heterocycles. The molecule has 0 fully saturated rings. The zero-order valence-corrected chi connectivity index (χ0v) is 29.1. The van der Waals surface area contributed by atoms with Crippen molar-refractivity contribution in [3.05, 3.63) is 132 Å². The molecule has 0 aliphatic rings. The summed E-state index contributed by atoms with van der Waals surface area (Å²) >= 11 is -2.53. The average Bonchev–Trinajstić information content (AvgIpc) is 3.50. The van der Waals surface area contributed by atoms with E-state index < -0.39 is 29.1 Å². The first-order chi connectivity index (χ1) is 18.3. The van der Waals surface area contributed by atoms with E-state index in [0.29, 0.717) is 0 Å². The van der Waals surface area contributed by atoms with E-state index in [0.717, 1.165) is 0 Å². The summed E-state index contributed by atoms with van der Waals surface area (Å²) in [5.41, 5.74) is 7.89. The van der Waals surface area contributed by atoms with Crippen molar-refractivity contribution in [3.8, 4) is 22.3 Å². The van der Waals surface area contributed by atoms with Gasteiger partial charge in [0.15, 0.2) is 0 Å². The van der Waals surface area contributed by atoms with Crippen molar-refractivity contribution in [2.45, 2.75) is 23.7 Å². The van der Waals surface area contributed by atoms with Crippen LogP contribution in [0.3, 0.4) is 0 Å². The van der Waals surface area contributed by atoms with Gasteiger partial charge >= 0.3 is 56.0 Å². The Balaban J connectivity index is 0.000000147. The molecule has 0 unspecified atom stereocenters. The predicted octanol–water partition coefficient (Wildman–Crippen LogP) is 11.2. The molecule has 0 atom stereocenters. The summed E-state index contributed by atoms with van der Waals surface area (Å²) in [6.45, 7) is 4.30. The first-order valence-electron chi connectivity index (χ1n) is 12.7. The van der Waals surface area contributed by atoms with Gasteiger partial charge in [-0.2, -0.15) is 12.1 Å². The standard InChI is InChI=1S/2C16H13.2CH3.2ClH.Sn.Zr/c2*1-12-10-14-8-5-9-15(16(14)11-12)13-6-3-2-4-7-13;;;;;;/h2*2-11H,1H3;2*1H3;2*1H;;/q2*-1;;;;;;+2/p-2. The van der Waals surface area contributed by atoms with Crippen LogP contribution in [0, 0.1) is 13.8 Å². The normalized spacial score (nSPS) is 10.4. The summed E-state index contributed by atoms with van der Waals surface area (Å²) < 4.78 is 0. The molecule has 0 N–H and O–H groups in total. The molecule has 0 amide bonds. The van der Waals surface area contributed by atoms with Gasteiger partial charge in [-0.25, -0.2) is 0 Å². The van der Waals surface area contributed by atoms with Gasteiger partial charge in [0.25, 0.3) is 0 Å². The van der Waals surface area contributed by atoms with E-state index >= 15 is 0 Å². The third-order valence-corrected chi connectivity index (χ3v) is 51.0. The number of benzene rings is 4. The molecule has 6 aromatic carbocycles. The number of fused-ring (bicyclic) bond motifs is 2. The van der Waals surface area contributed by atoms with Crippen LogP contribution in [0.1, 0.15) is 11.1 Å². The Bertz CT molecular complexity index is 1530. The molecule has 0 radical (unpaired) electrons. The topological polar surface area (TPSA) is 0 Å². The monoisotopic (exact) mass is 720 g/mol. The summed E-state index contributed by atoms with van der Waals surface area (Å²) in [5, 5.41) is 5.37. The fraction of sp³-hybridized carbons (Fsp3) is 0.118. The van der Waals surface area contributed by atoms with E-state index in [1.54, 1.807) is 0 Å². The Morgan fingerprint density at radius 3 is 1.26 bits per heavy atom. The van der Waals surface area contributed by atoms with Crippen molar-refractivity contribution in [2.24, 2.45) is 0 Å². The molecular formula is C34H32Cl2SnZr-2. The number of aryl methyl sites for hydroxylation is 2. The van der Waals surface area contributed by atoms with Gasteiger partial charge < -0.3 is 0 Å². The van der Waals surface area contributed by atoms with E-state index in [1.165, 1.54) is 54.9 Å². The van der Waals surface area contributed by atoms with E-state index in [-0.39, 0.29) is 0 Å². The molecule has 38 heavy (non-hydrogen) atoms. The quantitative estimate of drug-likeness (QED) is 0.123. The van der Waals surface area contributed by atoms with E-state index in [2.05, 4.69) is 145 Å². The second-order valence-electron chi connectivity index (χ2n) is 9.67. The van der Waals surface area contributed by atoms with Crippen molar-refractivity contribution in [1.29, 1.82) is 0 Å². The van der Waals surface area contributed by atoms with Crippen LogP contribution < -0.4 is 0 Å². The van der Waals surface area contributed by atoms with E-state index in [4.69, 9.17) is 17.0 Å². The summed E-state index contributed by atoms with van der Waals surface area (Å²) in [6.07, 6.45) is 0. The van der Waals surface area contributed by atoms with Crippen molar-refractivity contribution >= 4 is 53.1 Å². The molecule has 6 aromatic rings. The second-order valence-corrected chi connectivity index (χ2v) is 57.9. The minimum atomic E-state index is -1.56. The number of halogens is 2. The van der Waals surface area contributed by atoms with Crippen LogP contribution in [0.15, 0.2) is 121 Å². The van der Waals surface area contributed by atoms with Crippen LogP contribution in [0.5, 0.6) is 0 Å². The maximum atomic E-state index is 5.66. The second kappa shape index (κ2) is 14.1. The van der Waals surface area contributed by atoms with E-state index in [1.807, 2.05) is 0 Å². The molecule has 4 heteroatoms. The maximum absolute atomic E-state index is 5.66. The van der Waals surface area contributed by atoms with Crippen LogP contribution in [-0.2, 0) is 14.5 Å². The van der Waals surface area contributed by atoms with Crippen molar-refractivity contribution in [2.75, 3.05) is 0 Å². The Kier molecular flexibility index (Phi) is 10.9. The third kappa shape index (κ3) is 7.73. The Labute approximate surface area is 243 Å². The molecule has 0 saturated carbocycles. The number of hydrogen-bond donors (Lipinski definition) is 0. The van der Waals surface area contributed by atoms with Gasteiger partial charge in [0.05, 0.1) is 0 Å². The van der Waals surface area contributed by atoms with Gasteiger partial charge in [-0.15, -0.1) is 69.1 Å². The molecular weight excluding hydrogens is 689 g/mol. The van der Waals surface area contributed by atoms with Gasteiger partial charge in [-0.3, -0.25) is 0 Å². The summed E-state index contributed by atoms with van der Waals surface area (Å²) in [6, 6.07) is 43.1. The number of rotatable bonds is 2. The Morgan fingerprint density at radius 2 is 0.921 bits per heavy atom. The minimum absolute atomic E-state index is 0.972. The SMILES string of the molecule is Cc1cc2c(-c3ccccc3)cccc2[cH-]1.Cc1cc2c(-c3ccccc3)cccc2[cH-]1.[CH3][Sn]([CH3])=[Zr]([Cl])[Cl]. The summed E-state index contributed by atoms with van der Waals surface area (Å²) in [7, 11) is 11.3. The van der Waals surface area contributed by atoms with Gasteiger partial charge in [-0.1, -0.05) is 97.8 Å². The van der Waals surface area contributed by atoms with Crippen LogP contribution >= 0.6 is 17.0 Å². The molecule has 0 spiro atoms. The van der Waals surface area contributed by atoms with Crippen LogP contribution in [0.25, 0.3) is 43.8 Å². The van der Waals surface area contributed by atoms with E-state index in [9.17, 15) is 0 Å². The molecule has 192 valence electrons. The third-order valence-electron chi connectivity index (χ3n) is 6.34. The average molecular weight is 721 g/mol. The van der Waals surface area contributed by atoms with Crippen molar-refractivity contribution in [3.63, 3.8) is 0 Å². The Morgan fingerprint density at radius 1 is 0.553 bits per heavy atom. The van der Waals surface area contributed by atoms with Crippen molar-refractivity contribution in [1.82, 2.24) is 0 Å². The van der Waals surface area contributed by atoms with Crippen LogP contribution in [0.2, 0.25) is 9.88 Å². The molecule has 0 aromatic heterocycles. The summed E-state index contributed by atoms with van der Waals surface area (Å²) in [4.78, 5) is 4.52. The molecule has 6 rings (SSSR count). The van der Waals surface area contributed by atoms with Crippen LogP contribution in [0.4, 0.5) is 0 Å². The fourth-order valence-electron chi connectivity index (χ4n) is 4.51. The van der Waals surface area contributed by atoms with Gasteiger partial charge in [0.1, 0.15) is 0 Å². The van der Waals surface area contributed by atoms with Gasteiger partial charge in [-0.05, 0) is 11.1 Å². The zero-order valence-electron chi connectivity index (χ0n) is 22.3. The molecule has 0 aliphatic carbocycles. The molecule has 0 nitrogen and oxygen atoms in total.